The molecule has 1 aliphatic rings. The van der Waals surface area contributed by atoms with Crippen LogP contribution in [0.5, 0.6) is 0 Å². The number of nitrogens with zero attached hydrogens (tertiary/aromatic N) is 1. The highest BCUT2D eigenvalue weighted by atomic mass is 35.5. The van der Waals surface area contributed by atoms with E-state index in [9.17, 15) is 24.6 Å². The average Bonchev–Trinajstić information content (AvgIpc) is 3.14. The van der Waals surface area contributed by atoms with Gasteiger partial charge in [-0.1, -0.05) is 53.5 Å². The molecule has 1 amide bonds. The maximum absolute atomic E-state index is 12.7. The average molecular weight is 495 g/mol. The van der Waals surface area contributed by atoms with Gasteiger partial charge in [-0.3, -0.25) is 9.79 Å². The van der Waals surface area contributed by atoms with E-state index in [1.54, 1.807) is 42.5 Å². The van der Waals surface area contributed by atoms with Gasteiger partial charge in [0.15, 0.2) is 0 Å². The van der Waals surface area contributed by atoms with Gasteiger partial charge in [0.2, 0.25) is 5.54 Å². The molecular formula is C25H16Cl2N2O5. The number of amides is 1. The first-order valence-corrected chi connectivity index (χ1v) is 10.7. The number of nitrogens with one attached hydrogen (secondary N) is 1. The predicted molar refractivity (Wildman–Crippen MR) is 128 cm³/mol. The van der Waals surface area contributed by atoms with E-state index in [0.29, 0.717) is 11.3 Å². The third-order valence-electron chi connectivity index (χ3n) is 5.26. The Balaban J connectivity index is 1.90. The Hall–Kier alpha value is -3.94. The quantitative estimate of drug-likeness (QED) is 0.452. The van der Waals surface area contributed by atoms with Gasteiger partial charge in [0.05, 0.1) is 10.4 Å². The van der Waals surface area contributed by atoms with Gasteiger partial charge in [-0.05, 0) is 48.0 Å². The van der Waals surface area contributed by atoms with Gasteiger partial charge in [0, 0.05) is 33.1 Å². The number of carbonyl (C=O) groups is 3. The zero-order valence-corrected chi connectivity index (χ0v) is 18.8. The normalized spacial score (nSPS) is 16.7. The van der Waals surface area contributed by atoms with E-state index in [1.165, 1.54) is 30.3 Å². The summed E-state index contributed by atoms with van der Waals surface area (Å²) >= 11 is 12.5. The van der Waals surface area contributed by atoms with Crippen LogP contribution < -0.4 is 15.9 Å². The number of hydrogen-bond acceptors (Lipinski definition) is 4. The summed E-state index contributed by atoms with van der Waals surface area (Å²) in [4.78, 5) is 41.0. The number of anilines is 1. The summed E-state index contributed by atoms with van der Waals surface area (Å²) in [7, 11) is 0. The van der Waals surface area contributed by atoms with Crippen molar-refractivity contribution in [3.63, 3.8) is 0 Å². The van der Waals surface area contributed by atoms with E-state index in [1.807, 2.05) is 0 Å². The van der Waals surface area contributed by atoms with Crippen molar-refractivity contribution in [2.45, 2.75) is 5.54 Å². The molecule has 1 heterocycles. The first-order chi connectivity index (χ1) is 16.2. The zero-order valence-electron chi connectivity index (χ0n) is 17.3. The third kappa shape index (κ3) is 4.19. The highest BCUT2D eigenvalue weighted by Gasteiger charge is 2.46. The fourth-order valence-electron chi connectivity index (χ4n) is 3.82. The Morgan fingerprint density at radius 2 is 1.68 bits per heavy atom. The topological polar surface area (TPSA) is 116 Å². The summed E-state index contributed by atoms with van der Waals surface area (Å²) in [5.74, 6) is -3.00. The maximum atomic E-state index is 12.7. The van der Waals surface area contributed by atoms with Crippen LogP contribution in [0.1, 0.15) is 15.9 Å². The maximum Gasteiger partial charge on any atom is 0.341 e. The smallest absolute Gasteiger partial charge is 0.341 e. The molecule has 0 saturated carbocycles. The van der Waals surface area contributed by atoms with Crippen LogP contribution in [0.25, 0.3) is 5.57 Å². The van der Waals surface area contributed by atoms with Gasteiger partial charge in [-0.15, -0.1) is 0 Å². The molecular weight excluding hydrogens is 479 g/mol. The van der Waals surface area contributed by atoms with Crippen LogP contribution in [-0.4, -0.2) is 28.1 Å². The molecule has 0 radical (unpaired) electrons. The lowest BCUT2D eigenvalue weighted by Crippen LogP contribution is -2.35. The van der Waals surface area contributed by atoms with Gasteiger partial charge in [0.1, 0.15) is 0 Å². The molecule has 3 N–H and O–H groups in total. The Bertz CT molecular complexity index is 1480. The molecule has 4 rings (SSSR count). The first kappa shape index (κ1) is 23.2. The molecule has 34 heavy (non-hydrogen) atoms. The molecule has 1 unspecified atom stereocenters. The van der Waals surface area contributed by atoms with E-state index in [2.05, 4.69) is 10.3 Å². The summed E-state index contributed by atoms with van der Waals surface area (Å²) in [6.45, 7) is 0. The lowest BCUT2D eigenvalue weighted by Gasteiger charge is -2.25. The van der Waals surface area contributed by atoms with Crippen molar-refractivity contribution >= 4 is 52.3 Å². The number of hydrogen-bond donors (Lipinski definition) is 3. The van der Waals surface area contributed by atoms with Gasteiger partial charge in [-0.2, -0.15) is 0 Å². The van der Waals surface area contributed by atoms with E-state index in [0.717, 1.165) is 6.08 Å². The van der Waals surface area contributed by atoms with Crippen LogP contribution in [0.15, 0.2) is 83.9 Å². The fraction of sp³-hybridized carbons (Fsp3) is 0.0400. The number of rotatable bonds is 6. The number of benzene rings is 3. The van der Waals surface area contributed by atoms with Crippen LogP contribution in [-0.2, 0) is 15.1 Å². The van der Waals surface area contributed by atoms with Gasteiger partial charge < -0.3 is 15.5 Å². The molecule has 0 bridgehead atoms. The lowest BCUT2D eigenvalue weighted by atomic mass is 9.82. The van der Waals surface area contributed by atoms with Crippen LogP contribution >= 0.6 is 23.2 Å². The van der Waals surface area contributed by atoms with Crippen molar-refractivity contribution in [3.05, 3.63) is 111 Å². The molecule has 1 aliphatic heterocycles. The standard InChI is InChI=1S/C25H16Cl2N2O5/c26-16-12-19(27)22-18(9-10-21(30)31)25(24(33)34,29-20(22)13-16)15-7-4-8-17(11-15)28-23(32)14-5-2-1-3-6-14/h1-13H,(H,28,32)(H,30,31)(H,33,34). The fourth-order valence-corrected chi connectivity index (χ4v) is 4.40. The zero-order chi connectivity index (χ0) is 24.5. The van der Waals surface area contributed by atoms with Crippen LogP contribution in [0.3, 0.4) is 0 Å². The molecule has 3 aromatic carbocycles. The van der Waals surface area contributed by atoms with E-state index < -0.39 is 17.5 Å². The molecule has 1 atom stereocenters. The molecule has 0 spiro atoms. The number of carboxylic acids is 2. The Morgan fingerprint density at radius 1 is 0.941 bits per heavy atom. The van der Waals surface area contributed by atoms with Gasteiger partial charge >= 0.3 is 11.9 Å². The van der Waals surface area contributed by atoms with Crippen molar-refractivity contribution in [3.8, 4) is 0 Å². The Kier molecular flexibility index (Phi) is 6.24. The molecule has 9 heteroatoms. The van der Waals surface area contributed by atoms with Crippen molar-refractivity contribution in [2.24, 2.45) is 4.99 Å². The Morgan fingerprint density at radius 3 is 2.35 bits per heavy atom. The highest BCUT2D eigenvalue weighted by molar-refractivity contribution is 6.34. The second-order valence-corrected chi connectivity index (χ2v) is 8.24. The van der Waals surface area contributed by atoms with E-state index in [-0.39, 0.29) is 37.7 Å². The van der Waals surface area contributed by atoms with Gasteiger partial charge in [0.25, 0.3) is 5.91 Å². The number of fused-ring (bicyclic) bond motifs is 1. The monoisotopic (exact) mass is 494 g/mol. The minimum atomic E-state index is -2.02. The summed E-state index contributed by atoms with van der Waals surface area (Å²) in [5, 5.41) is 23.2. The van der Waals surface area contributed by atoms with Crippen LogP contribution in [0, 0.1) is 0 Å². The lowest BCUT2D eigenvalue weighted by molar-refractivity contribution is -0.141. The second kappa shape index (κ2) is 9.13. The minimum absolute atomic E-state index is 0.0607. The molecule has 0 aliphatic carbocycles. The Labute approximate surface area is 203 Å². The number of carboxylic acid groups (broad SMARTS) is 2. The number of aliphatic carboxylic acids is 2. The molecule has 0 fully saturated rings. The highest BCUT2D eigenvalue weighted by Crippen LogP contribution is 2.39. The SMILES string of the molecule is O=C(O)C=CC1=c2c(Cl)cc(Cl)cc2=NC1(C(=O)O)c1cccc(NC(=O)c2ccccc2)c1. The van der Waals surface area contributed by atoms with Crippen LogP contribution in [0.2, 0.25) is 10.0 Å². The largest absolute Gasteiger partial charge is 0.479 e. The second-order valence-electron chi connectivity index (χ2n) is 7.40. The molecule has 0 saturated heterocycles. The first-order valence-electron chi connectivity index (χ1n) is 9.93. The van der Waals surface area contributed by atoms with Crippen LogP contribution in [0.4, 0.5) is 5.69 Å². The van der Waals surface area contributed by atoms with Crippen molar-refractivity contribution in [1.29, 1.82) is 0 Å². The van der Waals surface area contributed by atoms with E-state index in [4.69, 9.17) is 23.2 Å². The van der Waals surface area contributed by atoms with Crippen molar-refractivity contribution < 1.29 is 24.6 Å². The van der Waals surface area contributed by atoms with Gasteiger partial charge in [-0.25, -0.2) is 9.59 Å². The number of carbonyl (C=O) groups excluding carboxylic acids is 1. The third-order valence-corrected chi connectivity index (χ3v) is 5.77. The molecule has 0 aromatic heterocycles. The molecule has 7 nitrogen and oxygen atoms in total. The number of halogens is 2. The summed E-state index contributed by atoms with van der Waals surface area (Å²) in [6, 6.07) is 17.6. The molecule has 170 valence electrons. The molecule has 3 aromatic rings. The summed E-state index contributed by atoms with van der Waals surface area (Å²) < 4.78 is 0. The minimum Gasteiger partial charge on any atom is -0.479 e. The summed E-state index contributed by atoms with van der Waals surface area (Å²) in [5.41, 5.74) is -0.999. The van der Waals surface area contributed by atoms with Crippen molar-refractivity contribution in [2.75, 3.05) is 5.32 Å². The summed E-state index contributed by atoms with van der Waals surface area (Å²) in [6.07, 6.45) is 1.99. The van der Waals surface area contributed by atoms with Crippen molar-refractivity contribution in [1.82, 2.24) is 0 Å². The predicted octanol–water partition coefficient (Wildman–Crippen LogP) is 3.65. The van der Waals surface area contributed by atoms with E-state index >= 15 is 0 Å².